The van der Waals surface area contributed by atoms with E-state index in [9.17, 15) is 18.0 Å². The second-order valence-corrected chi connectivity index (χ2v) is 9.80. The first-order valence-corrected chi connectivity index (χ1v) is 12.5. The first-order valence-electron chi connectivity index (χ1n) is 12.5. The second kappa shape index (κ2) is 9.96. The first kappa shape index (κ1) is 24.9. The molecule has 1 aromatic heterocycles. The highest BCUT2D eigenvalue weighted by atomic mass is 19.4. The highest BCUT2D eigenvalue weighted by molar-refractivity contribution is 5.86. The van der Waals surface area contributed by atoms with Gasteiger partial charge in [-0.3, -0.25) is 4.79 Å². The maximum Gasteiger partial charge on any atom is 0.416 e. The van der Waals surface area contributed by atoms with Crippen LogP contribution in [0.5, 0.6) is 0 Å². The van der Waals surface area contributed by atoms with E-state index in [1.165, 1.54) is 12.1 Å². The van der Waals surface area contributed by atoms with E-state index < -0.39 is 11.7 Å². The number of anilines is 1. The van der Waals surface area contributed by atoms with E-state index in [1.807, 2.05) is 35.9 Å². The number of alkyl halides is 3. The molecule has 7 heteroatoms. The van der Waals surface area contributed by atoms with Gasteiger partial charge in [0.1, 0.15) is 0 Å². The average Bonchev–Trinajstić information content (AvgIpc) is 3.23. The summed E-state index contributed by atoms with van der Waals surface area (Å²) in [5, 5.41) is 1.14. The summed E-state index contributed by atoms with van der Waals surface area (Å²) in [7, 11) is 2.02. The van der Waals surface area contributed by atoms with E-state index in [1.54, 1.807) is 6.07 Å². The highest BCUT2D eigenvalue weighted by Gasteiger charge is 2.32. The van der Waals surface area contributed by atoms with Crippen molar-refractivity contribution in [1.29, 1.82) is 0 Å². The summed E-state index contributed by atoms with van der Waals surface area (Å²) < 4.78 is 41.6. The Balaban J connectivity index is 1.35. The number of amides is 1. The van der Waals surface area contributed by atoms with Gasteiger partial charge in [0.25, 0.3) is 0 Å². The number of hydrogen-bond acceptors (Lipinski definition) is 2. The van der Waals surface area contributed by atoms with Gasteiger partial charge in [-0.1, -0.05) is 54.1 Å². The number of aromatic nitrogens is 1. The van der Waals surface area contributed by atoms with Crippen molar-refractivity contribution in [2.75, 3.05) is 31.1 Å². The standard InChI is InChI=1S/C30H30F3N3O/c1-21-10-12-22(13-11-21)26(27-20-34(2)28-9-4-3-8-25(27)28)19-29(37)36-16-14-35(15-17-36)24-7-5-6-23(18-24)30(31,32)33/h3-13,18,20,26H,14-17,19H2,1-2H3. The SMILES string of the molecule is Cc1ccc(C(CC(=O)N2CCN(c3cccc(C(F)(F)F)c3)CC2)c2cn(C)c3ccccc23)cc1. The normalized spacial score (nSPS) is 15.3. The van der Waals surface area contributed by atoms with Crippen LogP contribution >= 0.6 is 0 Å². The zero-order chi connectivity index (χ0) is 26.2. The minimum absolute atomic E-state index is 0.0576. The fraction of sp³-hybridized carbons (Fsp3) is 0.300. The number of halogens is 3. The van der Waals surface area contributed by atoms with Gasteiger partial charge in [-0.25, -0.2) is 0 Å². The van der Waals surface area contributed by atoms with E-state index in [0.717, 1.165) is 33.7 Å². The van der Waals surface area contributed by atoms with Crippen LogP contribution in [-0.4, -0.2) is 41.6 Å². The van der Waals surface area contributed by atoms with Gasteiger partial charge in [-0.15, -0.1) is 0 Å². The Kier molecular flexibility index (Phi) is 6.71. The van der Waals surface area contributed by atoms with Gasteiger partial charge in [0.2, 0.25) is 5.91 Å². The molecule has 3 aromatic carbocycles. The summed E-state index contributed by atoms with van der Waals surface area (Å²) in [6.45, 7) is 4.00. The third kappa shape index (κ3) is 5.22. The number of para-hydroxylation sites is 1. The highest BCUT2D eigenvalue weighted by Crippen LogP contribution is 2.36. The van der Waals surface area contributed by atoms with Gasteiger partial charge >= 0.3 is 6.18 Å². The molecular weight excluding hydrogens is 475 g/mol. The van der Waals surface area contributed by atoms with Crippen molar-refractivity contribution in [2.24, 2.45) is 7.05 Å². The van der Waals surface area contributed by atoms with Crippen LogP contribution in [-0.2, 0) is 18.0 Å². The van der Waals surface area contributed by atoms with E-state index in [-0.39, 0.29) is 11.8 Å². The number of rotatable bonds is 5. The lowest BCUT2D eigenvalue weighted by molar-refractivity contribution is -0.137. The summed E-state index contributed by atoms with van der Waals surface area (Å²) in [4.78, 5) is 17.3. The molecule has 5 rings (SSSR count). The summed E-state index contributed by atoms with van der Waals surface area (Å²) in [5.41, 5.74) is 4.39. The van der Waals surface area contributed by atoms with Crippen LogP contribution in [0.3, 0.4) is 0 Å². The van der Waals surface area contributed by atoms with Crippen LogP contribution < -0.4 is 4.90 Å². The fourth-order valence-electron chi connectivity index (χ4n) is 5.25. The van der Waals surface area contributed by atoms with Crippen molar-refractivity contribution in [1.82, 2.24) is 9.47 Å². The number of piperazine rings is 1. The monoisotopic (exact) mass is 505 g/mol. The molecule has 0 N–H and O–H groups in total. The van der Waals surface area contributed by atoms with E-state index in [0.29, 0.717) is 38.3 Å². The first-order chi connectivity index (χ1) is 17.7. The molecule has 37 heavy (non-hydrogen) atoms. The molecule has 0 radical (unpaired) electrons. The Hall–Kier alpha value is -3.74. The Morgan fingerprint density at radius 3 is 2.32 bits per heavy atom. The van der Waals surface area contributed by atoms with E-state index >= 15 is 0 Å². The number of benzene rings is 3. The van der Waals surface area contributed by atoms with Crippen LogP contribution in [0.2, 0.25) is 0 Å². The van der Waals surface area contributed by atoms with Gasteiger partial charge in [-0.2, -0.15) is 13.2 Å². The summed E-state index contributed by atoms with van der Waals surface area (Å²) in [5.74, 6) is -0.0390. The number of fused-ring (bicyclic) bond motifs is 1. The molecule has 1 saturated heterocycles. The number of carbonyl (C=O) groups excluding carboxylic acids is 1. The van der Waals surface area contributed by atoms with Gasteiger partial charge in [0.15, 0.2) is 0 Å². The van der Waals surface area contributed by atoms with Crippen molar-refractivity contribution in [3.63, 3.8) is 0 Å². The van der Waals surface area contributed by atoms with Crippen molar-refractivity contribution >= 4 is 22.5 Å². The van der Waals surface area contributed by atoms with Crippen molar-refractivity contribution in [3.05, 3.63) is 101 Å². The average molecular weight is 506 g/mol. The third-order valence-electron chi connectivity index (χ3n) is 7.33. The number of hydrogen-bond donors (Lipinski definition) is 0. The molecule has 0 aliphatic carbocycles. The molecule has 0 spiro atoms. The summed E-state index contributed by atoms with van der Waals surface area (Å²) in [6.07, 6.45) is -1.92. The van der Waals surface area contributed by atoms with Crippen LogP contribution in [0.1, 0.15) is 34.6 Å². The zero-order valence-corrected chi connectivity index (χ0v) is 21.0. The van der Waals surface area contributed by atoms with Crippen LogP contribution in [0.25, 0.3) is 10.9 Å². The third-order valence-corrected chi connectivity index (χ3v) is 7.33. The fourth-order valence-corrected chi connectivity index (χ4v) is 5.25. The summed E-state index contributed by atoms with van der Waals surface area (Å²) in [6, 6.07) is 22.0. The Bertz CT molecular complexity index is 1400. The molecule has 4 aromatic rings. The number of carbonyl (C=O) groups is 1. The minimum atomic E-state index is -4.37. The molecule has 192 valence electrons. The molecule has 1 atom stereocenters. The topological polar surface area (TPSA) is 28.5 Å². The van der Waals surface area contributed by atoms with Crippen LogP contribution in [0.4, 0.5) is 18.9 Å². The molecule has 1 amide bonds. The lowest BCUT2D eigenvalue weighted by Gasteiger charge is -2.37. The largest absolute Gasteiger partial charge is 0.416 e. The molecule has 0 bridgehead atoms. The zero-order valence-electron chi connectivity index (χ0n) is 21.0. The van der Waals surface area contributed by atoms with Crippen molar-refractivity contribution in [2.45, 2.75) is 25.4 Å². The lowest BCUT2D eigenvalue weighted by atomic mass is 9.87. The van der Waals surface area contributed by atoms with Crippen molar-refractivity contribution < 1.29 is 18.0 Å². The summed E-state index contributed by atoms with van der Waals surface area (Å²) >= 11 is 0. The number of nitrogens with zero attached hydrogens (tertiary/aromatic N) is 3. The van der Waals surface area contributed by atoms with Crippen molar-refractivity contribution in [3.8, 4) is 0 Å². The van der Waals surface area contributed by atoms with E-state index in [4.69, 9.17) is 0 Å². The lowest BCUT2D eigenvalue weighted by Crippen LogP contribution is -2.49. The molecule has 1 aliphatic rings. The van der Waals surface area contributed by atoms with Crippen LogP contribution in [0.15, 0.2) is 79.0 Å². The maximum absolute atomic E-state index is 13.5. The quantitative estimate of drug-likeness (QED) is 0.315. The Labute approximate surface area is 214 Å². The Morgan fingerprint density at radius 1 is 0.919 bits per heavy atom. The predicted molar refractivity (Wildman–Crippen MR) is 141 cm³/mol. The number of aryl methyl sites for hydroxylation is 2. The van der Waals surface area contributed by atoms with Gasteiger partial charge in [0.05, 0.1) is 5.56 Å². The molecular formula is C30H30F3N3O. The van der Waals surface area contributed by atoms with Gasteiger partial charge in [0, 0.05) is 68.4 Å². The maximum atomic E-state index is 13.5. The molecule has 1 unspecified atom stereocenters. The van der Waals surface area contributed by atoms with E-state index in [2.05, 4.69) is 47.2 Å². The smallest absolute Gasteiger partial charge is 0.368 e. The molecule has 0 saturated carbocycles. The van der Waals surface area contributed by atoms with Crippen LogP contribution in [0, 0.1) is 6.92 Å². The van der Waals surface area contributed by atoms with Gasteiger partial charge in [-0.05, 0) is 42.3 Å². The second-order valence-electron chi connectivity index (χ2n) is 9.80. The Morgan fingerprint density at radius 2 is 1.62 bits per heavy atom. The minimum Gasteiger partial charge on any atom is -0.368 e. The molecule has 1 aliphatic heterocycles. The molecule has 1 fully saturated rings. The van der Waals surface area contributed by atoms with Gasteiger partial charge < -0.3 is 14.4 Å². The molecule has 2 heterocycles. The predicted octanol–water partition coefficient (Wildman–Crippen LogP) is 6.38. The molecule has 4 nitrogen and oxygen atoms in total.